The molecule has 0 bridgehead atoms. The third-order valence-corrected chi connectivity index (χ3v) is 8.34. The van der Waals surface area contributed by atoms with E-state index < -0.39 is 35.9 Å². The number of rotatable bonds is 11. The lowest BCUT2D eigenvalue weighted by molar-refractivity contribution is -0.143. The second-order valence-electron chi connectivity index (χ2n) is 7.68. The summed E-state index contributed by atoms with van der Waals surface area (Å²) in [4.78, 5) is 11.0. The van der Waals surface area contributed by atoms with Gasteiger partial charge in [0.15, 0.2) is 0 Å². The average molecular weight is 518 g/mol. The van der Waals surface area contributed by atoms with Gasteiger partial charge in [-0.3, -0.25) is 4.79 Å². The summed E-state index contributed by atoms with van der Waals surface area (Å²) in [5.41, 5.74) is 1.46. The Morgan fingerprint density at radius 2 is 1.51 bits per heavy atom. The Labute approximate surface area is 206 Å². The number of hydrogen-bond donors (Lipinski definition) is 0. The zero-order valence-electron chi connectivity index (χ0n) is 19.5. The molecule has 0 heterocycles. The monoisotopic (exact) mass is 517 g/mol. The van der Waals surface area contributed by atoms with Crippen LogP contribution in [0.4, 0.5) is 0 Å². The third kappa shape index (κ3) is 6.91. The van der Waals surface area contributed by atoms with Crippen LogP contribution in [-0.2, 0) is 36.2 Å². The first kappa shape index (κ1) is 26.4. The fourth-order valence-electron chi connectivity index (χ4n) is 3.37. The van der Waals surface area contributed by atoms with Gasteiger partial charge >= 0.3 is 16.1 Å². The predicted octanol–water partition coefficient (Wildman–Crippen LogP) is 3.91. The van der Waals surface area contributed by atoms with Gasteiger partial charge in [-0.1, -0.05) is 54.6 Å². The third-order valence-electron chi connectivity index (χ3n) is 5.00. The Balaban J connectivity index is 2.00. The normalized spacial score (nSPS) is 11.9. The van der Waals surface area contributed by atoms with Gasteiger partial charge in [0.25, 0.3) is 0 Å². The number of benzene rings is 3. The molecule has 0 fully saturated rings. The number of sulfonamides is 1. The number of aryl methyl sites for hydroxylation is 1. The Hall–Kier alpha value is -3.21. The molecule has 186 valence electrons. The summed E-state index contributed by atoms with van der Waals surface area (Å²) in [5.74, 6) is -0.481. The zero-order valence-corrected chi connectivity index (χ0v) is 21.1. The number of ether oxygens (including phenoxy) is 1. The van der Waals surface area contributed by atoms with Crippen LogP contribution in [-0.4, -0.2) is 40.3 Å². The smallest absolute Gasteiger partial charge is 0.340 e. The molecule has 0 radical (unpaired) electrons. The number of carbonyl (C=O) groups is 1. The van der Waals surface area contributed by atoms with Crippen molar-refractivity contribution in [1.82, 2.24) is 4.31 Å². The van der Waals surface area contributed by atoms with Gasteiger partial charge in [0, 0.05) is 13.1 Å². The number of carbonyl (C=O) groups excluding carboxylic acids is 1. The minimum atomic E-state index is -4.49. The first-order valence-corrected chi connectivity index (χ1v) is 13.8. The van der Waals surface area contributed by atoms with Gasteiger partial charge in [0.05, 0.1) is 13.0 Å². The van der Waals surface area contributed by atoms with Gasteiger partial charge in [0.1, 0.15) is 15.5 Å². The molecule has 0 aromatic heterocycles. The highest BCUT2D eigenvalue weighted by atomic mass is 32.2. The molecule has 35 heavy (non-hydrogen) atoms. The number of hydrogen-bond acceptors (Lipinski definition) is 7. The van der Waals surface area contributed by atoms with Crippen molar-refractivity contribution in [3.05, 3.63) is 90.0 Å². The number of nitrogens with zero attached hydrogens (tertiary/aromatic N) is 1. The topological polar surface area (TPSA) is 107 Å². The summed E-state index contributed by atoms with van der Waals surface area (Å²) in [6, 6.07) is 20.5. The van der Waals surface area contributed by atoms with Crippen molar-refractivity contribution in [1.29, 1.82) is 0 Å². The van der Waals surface area contributed by atoms with Crippen LogP contribution in [0.3, 0.4) is 0 Å². The molecule has 0 saturated carbocycles. The highest BCUT2D eigenvalue weighted by Gasteiger charge is 2.33. The molecule has 0 aliphatic heterocycles. The van der Waals surface area contributed by atoms with E-state index in [1.165, 1.54) is 36.4 Å². The summed E-state index contributed by atoms with van der Waals surface area (Å²) in [7, 11) is -8.85. The predicted molar refractivity (Wildman–Crippen MR) is 131 cm³/mol. The van der Waals surface area contributed by atoms with Crippen LogP contribution < -0.4 is 4.18 Å². The Morgan fingerprint density at radius 3 is 2.17 bits per heavy atom. The molecule has 3 rings (SSSR count). The van der Waals surface area contributed by atoms with Crippen LogP contribution in [0.5, 0.6) is 5.75 Å². The minimum Gasteiger partial charge on any atom is -0.466 e. The maximum absolute atomic E-state index is 13.7. The van der Waals surface area contributed by atoms with E-state index in [-0.39, 0.29) is 31.9 Å². The van der Waals surface area contributed by atoms with E-state index in [2.05, 4.69) is 0 Å². The first-order chi connectivity index (χ1) is 16.6. The van der Waals surface area contributed by atoms with E-state index in [1.54, 1.807) is 56.3 Å². The highest BCUT2D eigenvalue weighted by Crippen LogP contribution is 2.28. The molecule has 0 spiro atoms. The fourth-order valence-corrected chi connectivity index (χ4v) is 6.50. The maximum atomic E-state index is 13.7. The standard InChI is InChI=1S/C25H27NO7S2/c1-3-32-25(27)16-17-26(19-21-11-5-4-6-12-21)34(28,29)23-14-7-8-15-24(23)35(30,31)33-22-13-9-10-20(2)18-22/h4-15,18H,3,16-17,19H2,1-2H3. The molecule has 3 aromatic rings. The van der Waals surface area contributed by atoms with Crippen LogP contribution in [0.2, 0.25) is 0 Å². The van der Waals surface area contributed by atoms with Crippen molar-refractivity contribution in [3.8, 4) is 5.75 Å². The van der Waals surface area contributed by atoms with Gasteiger partial charge < -0.3 is 8.92 Å². The Bertz CT molecular complexity index is 1370. The van der Waals surface area contributed by atoms with Crippen LogP contribution in [0.25, 0.3) is 0 Å². The van der Waals surface area contributed by atoms with Crippen molar-refractivity contribution < 1.29 is 30.6 Å². The first-order valence-electron chi connectivity index (χ1n) is 10.9. The highest BCUT2D eigenvalue weighted by molar-refractivity contribution is 7.91. The van der Waals surface area contributed by atoms with Gasteiger partial charge in [-0.05, 0) is 49.2 Å². The summed E-state index contributed by atoms with van der Waals surface area (Å²) >= 11 is 0. The average Bonchev–Trinajstić information content (AvgIpc) is 2.82. The largest absolute Gasteiger partial charge is 0.466 e. The molecule has 3 aromatic carbocycles. The van der Waals surface area contributed by atoms with E-state index in [0.717, 1.165) is 9.87 Å². The quantitative estimate of drug-likeness (QED) is 0.280. The SMILES string of the molecule is CCOC(=O)CCN(Cc1ccccc1)S(=O)(=O)c1ccccc1S(=O)(=O)Oc1cccc(C)c1. The molecule has 0 saturated heterocycles. The van der Waals surface area contributed by atoms with Crippen molar-refractivity contribution in [3.63, 3.8) is 0 Å². The molecule has 10 heteroatoms. The van der Waals surface area contributed by atoms with E-state index in [4.69, 9.17) is 8.92 Å². The lowest BCUT2D eigenvalue weighted by Crippen LogP contribution is -2.34. The van der Waals surface area contributed by atoms with E-state index in [9.17, 15) is 21.6 Å². The summed E-state index contributed by atoms with van der Waals surface area (Å²) in [6.07, 6.45) is -0.186. The van der Waals surface area contributed by atoms with E-state index in [1.807, 2.05) is 0 Å². The van der Waals surface area contributed by atoms with Gasteiger partial charge in [-0.25, -0.2) is 8.42 Å². The lowest BCUT2D eigenvalue weighted by Gasteiger charge is -2.23. The van der Waals surface area contributed by atoms with E-state index in [0.29, 0.717) is 5.56 Å². The minimum absolute atomic E-state index is 0.0598. The number of esters is 1. The molecule has 8 nitrogen and oxygen atoms in total. The maximum Gasteiger partial charge on any atom is 0.340 e. The van der Waals surface area contributed by atoms with Crippen LogP contribution in [0, 0.1) is 6.92 Å². The Kier molecular flexibility index (Phi) is 8.66. The summed E-state index contributed by atoms with van der Waals surface area (Å²) in [6.45, 7) is 3.36. The zero-order chi connectivity index (χ0) is 25.5. The second-order valence-corrected chi connectivity index (χ2v) is 11.1. The summed E-state index contributed by atoms with van der Waals surface area (Å²) < 4.78 is 65.0. The molecular weight excluding hydrogens is 490 g/mol. The van der Waals surface area contributed by atoms with Crippen LogP contribution in [0.15, 0.2) is 88.7 Å². The van der Waals surface area contributed by atoms with Crippen LogP contribution >= 0.6 is 0 Å². The molecule has 0 N–H and O–H groups in total. The molecule has 0 aliphatic carbocycles. The van der Waals surface area contributed by atoms with Crippen molar-refractivity contribution in [2.45, 2.75) is 36.6 Å². The molecular formula is C25H27NO7S2. The van der Waals surface area contributed by atoms with Gasteiger partial charge in [-0.2, -0.15) is 12.7 Å². The lowest BCUT2D eigenvalue weighted by atomic mass is 10.2. The van der Waals surface area contributed by atoms with Crippen molar-refractivity contribution in [2.24, 2.45) is 0 Å². The van der Waals surface area contributed by atoms with Gasteiger partial charge in [-0.15, -0.1) is 0 Å². The fraction of sp³-hybridized carbons (Fsp3) is 0.240. The molecule has 0 unspecified atom stereocenters. The second kappa shape index (κ2) is 11.5. The van der Waals surface area contributed by atoms with E-state index >= 15 is 0 Å². The molecule has 0 atom stereocenters. The van der Waals surface area contributed by atoms with Gasteiger partial charge in [0.2, 0.25) is 10.0 Å². The molecule has 0 aliphatic rings. The summed E-state index contributed by atoms with van der Waals surface area (Å²) in [5, 5.41) is 0. The van der Waals surface area contributed by atoms with Crippen LogP contribution in [0.1, 0.15) is 24.5 Å². The van der Waals surface area contributed by atoms with Crippen molar-refractivity contribution >= 4 is 26.1 Å². The molecule has 0 amide bonds. The van der Waals surface area contributed by atoms with Crippen molar-refractivity contribution in [2.75, 3.05) is 13.2 Å². The Morgan fingerprint density at radius 1 is 0.857 bits per heavy atom.